The third kappa shape index (κ3) is 3.46. The third-order valence-electron chi connectivity index (χ3n) is 2.78. The van der Waals surface area contributed by atoms with Crippen molar-refractivity contribution in [2.45, 2.75) is 19.6 Å². The van der Waals surface area contributed by atoms with E-state index in [-0.39, 0.29) is 18.4 Å². The summed E-state index contributed by atoms with van der Waals surface area (Å²) >= 11 is 5.80. The van der Waals surface area contributed by atoms with E-state index in [1.54, 1.807) is 31.2 Å². The normalized spacial score (nSPS) is 12.2. The summed E-state index contributed by atoms with van der Waals surface area (Å²) in [6.45, 7) is 2.07. The Balaban J connectivity index is 2.17. The zero-order valence-electron chi connectivity index (χ0n) is 10.6. The molecule has 0 saturated carbocycles. The van der Waals surface area contributed by atoms with Crippen LogP contribution in [-0.2, 0) is 6.61 Å². The first-order valence-electron chi connectivity index (χ1n) is 5.99. The molecule has 1 atom stereocenters. The zero-order chi connectivity index (χ0) is 13.8. The Morgan fingerprint density at radius 2 is 1.89 bits per heavy atom. The number of ether oxygens (including phenoxy) is 1. The molecule has 0 spiro atoms. The predicted octanol–water partition coefficient (Wildman–Crippen LogP) is 4.08. The minimum atomic E-state index is -0.399. The van der Waals surface area contributed by atoms with E-state index in [1.807, 2.05) is 12.1 Å². The van der Waals surface area contributed by atoms with Gasteiger partial charge in [-0.3, -0.25) is 0 Å². The van der Waals surface area contributed by atoms with Crippen LogP contribution in [0.2, 0.25) is 5.02 Å². The van der Waals surface area contributed by atoms with Gasteiger partial charge in [0.25, 0.3) is 0 Å². The molecule has 2 aromatic rings. The van der Waals surface area contributed by atoms with E-state index in [1.165, 1.54) is 6.07 Å². The molecule has 0 aliphatic carbocycles. The van der Waals surface area contributed by atoms with Crippen LogP contribution < -0.4 is 10.5 Å². The van der Waals surface area contributed by atoms with E-state index in [9.17, 15) is 4.39 Å². The largest absolute Gasteiger partial charge is 0.485 e. The molecule has 2 rings (SSSR count). The van der Waals surface area contributed by atoms with Crippen LogP contribution in [0.4, 0.5) is 4.39 Å². The van der Waals surface area contributed by atoms with Gasteiger partial charge in [0.2, 0.25) is 0 Å². The lowest BCUT2D eigenvalue weighted by molar-refractivity contribution is 0.285. The molecule has 100 valence electrons. The van der Waals surface area contributed by atoms with Crippen molar-refractivity contribution in [3.8, 4) is 5.75 Å². The molecular weight excluding hydrogens is 265 g/mol. The second kappa shape index (κ2) is 6.04. The molecule has 0 unspecified atom stereocenters. The first-order chi connectivity index (χ1) is 9.08. The average molecular weight is 280 g/mol. The Hall–Kier alpha value is -1.58. The minimum Gasteiger partial charge on any atom is -0.485 e. The molecule has 0 radical (unpaired) electrons. The fourth-order valence-electron chi connectivity index (χ4n) is 1.77. The Morgan fingerprint density at radius 3 is 2.53 bits per heavy atom. The second-order valence-corrected chi connectivity index (χ2v) is 4.80. The van der Waals surface area contributed by atoms with E-state index in [4.69, 9.17) is 22.1 Å². The molecule has 2 nitrogen and oxygen atoms in total. The van der Waals surface area contributed by atoms with Crippen LogP contribution in [-0.4, -0.2) is 0 Å². The second-order valence-electron chi connectivity index (χ2n) is 4.36. The first kappa shape index (κ1) is 13.8. The third-order valence-corrected chi connectivity index (χ3v) is 3.04. The highest BCUT2D eigenvalue weighted by atomic mass is 35.5. The summed E-state index contributed by atoms with van der Waals surface area (Å²) in [7, 11) is 0. The summed E-state index contributed by atoms with van der Waals surface area (Å²) < 4.78 is 19.3. The van der Waals surface area contributed by atoms with Crippen molar-refractivity contribution in [3.63, 3.8) is 0 Å². The number of nitrogens with two attached hydrogens (primary N) is 1. The number of rotatable bonds is 4. The van der Waals surface area contributed by atoms with Crippen molar-refractivity contribution in [2.24, 2.45) is 5.73 Å². The van der Waals surface area contributed by atoms with Crippen LogP contribution >= 0.6 is 11.6 Å². The Morgan fingerprint density at radius 1 is 1.21 bits per heavy atom. The maximum atomic E-state index is 13.8. The molecule has 0 amide bonds. The molecule has 0 aromatic heterocycles. The number of hydrogen-bond acceptors (Lipinski definition) is 2. The highest BCUT2D eigenvalue weighted by Crippen LogP contribution is 2.27. The summed E-state index contributed by atoms with van der Waals surface area (Å²) in [5.74, 6) is -0.184. The number of benzene rings is 2. The van der Waals surface area contributed by atoms with Gasteiger partial charge in [-0.25, -0.2) is 4.39 Å². The van der Waals surface area contributed by atoms with Crippen molar-refractivity contribution < 1.29 is 9.13 Å². The van der Waals surface area contributed by atoms with E-state index < -0.39 is 5.82 Å². The van der Waals surface area contributed by atoms with Gasteiger partial charge >= 0.3 is 0 Å². The monoisotopic (exact) mass is 279 g/mol. The van der Waals surface area contributed by atoms with Gasteiger partial charge < -0.3 is 10.5 Å². The van der Waals surface area contributed by atoms with Crippen LogP contribution in [0.3, 0.4) is 0 Å². The highest BCUT2D eigenvalue weighted by Gasteiger charge is 2.13. The minimum absolute atomic E-state index is 0.215. The maximum absolute atomic E-state index is 13.8. The molecule has 0 saturated heterocycles. The number of halogens is 2. The first-order valence-corrected chi connectivity index (χ1v) is 6.37. The van der Waals surface area contributed by atoms with Gasteiger partial charge in [-0.05, 0) is 30.7 Å². The molecule has 4 heteroatoms. The average Bonchev–Trinajstić information content (AvgIpc) is 2.39. The molecule has 0 fully saturated rings. The predicted molar refractivity (Wildman–Crippen MR) is 74.8 cm³/mol. The Labute approximate surface area is 117 Å². The Kier molecular flexibility index (Phi) is 4.40. The van der Waals surface area contributed by atoms with E-state index >= 15 is 0 Å². The van der Waals surface area contributed by atoms with Gasteiger partial charge in [0.15, 0.2) is 11.6 Å². The quantitative estimate of drug-likeness (QED) is 0.915. The summed E-state index contributed by atoms with van der Waals surface area (Å²) in [5, 5.41) is 0.658. The van der Waals surface area contributed by atoms with Gasteiger partial charge in [0, 0.05) is 16.6 Å². The SMILES string of the molecule is C[C@@H](N)c1cccc(F)c1OCc1ccc(Cl)cc1. The van der Waals surface area contributed by atoms with E-state index in [0.717, 1.165) is 5.56 Å². The number of para-hydroxylation sites is 1. The standard InChI is InChI=1S/C15H15ClFNO/c1-10(18)13-3-2-4-14(17)15(13)19-9-11-5-7-12(16)8-6-11/h2-8,10H,9,18H2,1H3/t10-/m1/s1. The smallest absolute Gasteiger partial charge is 0.165 e. The van der Waals surface area contributed by atoms with Gasteiger partial charge in [0.1, 0.15) is 6.61 Å². The van der Waals surface area contributed by atoms with Gasteiger partial charge in [-0.15, -0.1) is 0 Å². The van der Waals surface area contributed by atoms with Crippen LogP contribution in [0.15, 0.2) is 42.5 Å². The lowest BCUT2D eigenvalue weighted by Crippen LogP contribution is -2.09. The summed E-state index contributed by atoms with van der Waals surface area (Å²) in [4.78, 5) is 0. The van der Waals surface area contributed by atoms with E-state index in [2.05, 4.69) is 0 Å². The van der Waals surface area contributed by atoms with Gasteiger partial charge in [-0.2, -0.15) is 0 Å². The van der Waals surface area contributed by atoms with Crippen LogP contribution in [0.25, 0.3) is 0 Å². The van der Waals surface area contributed by atoms with Crippen LogP contribution in [0.1, 0.15) is 24.1 Å². The van der Waals surface area contributed by atoms with Crippen molar-refractivity contribution >= 4 is 11.6 Å². The zero-order valence-corrected chi connectivity index (χ0v) is 11.3. The van der Waals surface area contributed by atoms with E-state index in [0.29, 0.717) is 10.6 Å². The molecule has 19 heavy (non-hydrogen) atoms. The molecule has 2 N–H and O–H groups in total. The molecular formula is C15H15ClFNO. The van der Waals surface area contributed by atoms with Crippen LogP contribution in [0.5, 0.6) is 5.75 Å². The maximum Gasteiger partial charge on any atom is 0.165 e. The van der Waals surface area contributed by atoms with Crippen molar-refractivity contribution in [1.29, 1.82) is 0 Å². The Bertz CT molecular complexity index is 555. The van der Waals surface area contributed by atoms with Gasteiger partial charge in [-0.1, -0.05) is 35.9 Å². The molecule has 0 aliphatic rings. The topological polar surface area (TPSA) is 35.2 Å². The van der Waals surface area contributed by atoms with Gasteiger partial charge in [0.05, 0.1) is 0 Å². The molecule has 0 aliphatic heterocycles. The summed E-state index contributed by atoms with van der Waals surface area (Å²) in [6, 6.07) is 11.7. The highest BCUT2D eigenvalue weighted by molar-refractivity contribution is 6.30. The fourth-order valence-corrected chi connectivity index (χ4v) is 1.90. The summed E-state index contributed by atoms with van der Waals surface area (Å²) in [6.07, 6.45) is 0. The number of hydrogen-bond donors (Lipinski definition) is 1. The van der Waals surface area contributed by atoms with Crippen molar-refractivity contribution in [2.75, 3.05) is 0 Å². The summed E-state index contributed by atoms with van der Waals surface area (Å²) in [5.41, 5.74) is 7.39. The lowest BCUT2D eigenvalue weighted by Gasteiger charge is -2.14. The lowest BCUT2D eigenvalue weighted by atomic mass is 10.1. The van der Waals surface area contributed by atoms with Crippen LogP contribution in [0, 0.1) is 5.82 Å². The fraction of sp³-hybridized carbons (Fsp3) is 0.200. The van der Waals surface area contributed by atoms with Crippen molar-refractivity contribution in [3.05, 3.63) is 64.4 Å². The molecule has 0 bridgehead atoms. The van der Waals surface area contributed by atoms with Crippen molar-refractivity contribution in [1.82, 2.24) is 0 Å². The molecule has 0 heterocycles. The molecule has 2 aromatic carbocycles.